The van der Waals surface area contributed by atoms with Crippen molar-refractivity contribution in [1.82, 2.24) is 19.9 Å². The number of ether oxygens (including phenoxy) is 1. The minimum Gasteiger partial charge on any atom is -0.466 e. The van der Waals surface area contributed by atoms with Crippen molar-refractivity contribution in [3.05, 3.63) is 41.7 Å². The Labute approximate surface area is 243 Å². The number of esters is 1. The second kappa shape index (κ2) is 12.3. The van der Waals surface area contributed by atoms with Gasteiger partial charge in [0.05, 0.1) is 18.6 Å². The smallest absolute Gasteiger partial charge is 0.416 e. The van der Waals surface area contributed by atoms with Crippen molar-refractivity contribution < 1.29 is 31.5 Å². The van der Waals surface area contributed by atoms with Gasteiger partial charge in [-0.2, -0.15) is 17.6 Å². The van der Waals surface area contributed by atoms with E-state index in [1.807, 2.05) is 11.8 Å². The summed E-state index contributed by atoms with van der Waals surface area (Å²) in [7, 11) is 0. The van der Waals surface area contributed by atoms with E-state index in [2.05, 4.69) is 25.2 Å². The van der Waals surface area contributed by atoms with Crippen LogP contribution in [-0.4, -0.2) is 78.2 Å². The number of piperazine rings is 1. The number of rotatable bonds is 9. The van der Waals surface area contributed by atoms with Gasteiger partial charge in [0.25, 0.3) is 0 Å². The Hall–Kier alpha value is -3.59. The lowest BCUT2D eigenvalue weighted by Gasteiger charge is -2.38. The molecule has 2 fully saturated rings. The molecule has 0 aliphatic carbocycles. The first kappa shape index (κ1) is 29.9. The third-order valence-electron chi connectivity index (χ3n) is 7.06. The van der Waals surface area contributed by atoms with Crippen molar-refractivity contribution in [2.45, 2.75) is 26.4 Å². The summed E-state index contributed by atoms with van der Waals surface area (Å²) in [5.41, 5.74) is -0.964. The van der Waals surface area contributed by atoms with E-state index in [4.69, 9.17) is 4.74 Å². The lowest BCUT2D eigenvalue weighted by molar-refractivity contribution is -0.143. The van der Waals surface area contributed by atoms with Crippen LogP contribution in [0.3, 0.4) is 0 Å². The molecular weight excluding hydrogens is 581 g/mol. The third kappa shape index (κ3) is 6.72. The predicted octanol–water partition coefficient (Wildman–Crippen LogP) is 5.17. The minimum atomic E-state index is -4.73. The fourth-order valence-corrected chi connectivity index (χ4v) is 5.96. The number of halogens is 5. The number of benzene rings is 1. The third-order valence-corrected chi connectivity index (χ3v) is 8.10. The van der Waals surface area contributed by atoms with E-state index in [1.54, 1.807) is 11.8 Å². The number of nitrogens with zero attached hydrogens (tertiary/aromatic N) is 6. The maximum atomic E-state index is 15.6. The molecule has 2 aromatic heterocycles. The number of carbonyl (C=O) groups is 1. The number of alkyl halides is 3. The molecule has 2 aliphatic heterocycles. The largest absolute Gasteiger partial charge is 0.466 e. The minimum absolute atomic E-state index is 0.0224. The SMILES string of the molecule is CCOC(=O)CCN1CCN(c2ncnc(Nc3nc(-c4cc(F)cc(C(F)(F)F)c4)c(N4CC(C)C4)s3)c2F)CC1. The number of aromatic nitrogens is 3. The van der Waals surface area contributed by atoms with Crippen LogP contribution in [0.25, 0.3) is 11.3 Å². The molecule has 9 nitrogen and oxygen atoms in total. The molecular formula is C27H30F5N7O2S. The monoisotopic (exact) mass is 611 g/mol. The molecule has 5 rings (SSSR count). The van der Waals surface area contributed by atoms with Crippen molar-refractivity contribution in [3.63, 3.8) is 0 Å². The van der Waals surface area contributed by atoms with Crippen LogP contribution in [0.4, 0.5) is 43.7 Å². The molecule has 0 amide bonds. The summed E-state index contributed by atoms with van der Waals surface area (Å²) in [5.74, 6) is -1.64. The fourth-order valence-electron chi connectivity index (χ4n) is 4.96. The lowest BCUT2D eigenvalue weighted by atomic mass is 10.0. The number of carbonyl (C=O) groups excluding carboxylic acids is 1. The van der Waals surface area contributed by atoms with E-state index in [-0.39, 0.29) is 40.4 Å². The van der Waals surface area contributed by atoms with Crippen LogP contribution in [0.5, 0.6) is 0 Å². The average molecular weight is 612 g/mol. The van der Waals surface area contributed by atoms with E-state index in [9.17, 15) is 22.4 Å². The van der Waals surface area contributed by atoms with E-state index >= 15 is 4.39 Å². The van der Waals surface area contributed by atoms with Crippen molar-refractivity contribution >= 4 is 39.1 Å². The van der Waals surface area contributed by atoms with E-state index in [0.717, 1.165) is 23.5 Å². The highest BCUT2D eigenvalue weighted by Crippen LogP contribution is 2.44. The summed E-state index contributed by atoms with van der Waals surface area (Å²) in [5, 5.41) is 3.62. The molecule has 1 N–H and O–H groups in total. The Morgan fingerprint density at radius 2 is 1.83 bits per heavy atom. The normalized spacial score (nSPS) is 16.5. The molecule has 42 heavy (non-hydrogen) atoms. The van der Waals surface area contributed by atoms with Crippen LogP contribution >= 0.6 is 11.3 Å². The van der Waals surface area contributed by atoms with Crippen LogP contribution in [0.2, 0.25) is 0 Å². The number of thiazole rings is 1. The molecule has 226 valence electrons. The van der Waals surface area contributed by atoms with Crippen LogP contribution in [0.15, 0.2) is 24.5 Å². The summed E-state index contributed by atoms with van der Waals surface area (Å²) in [6.45, 7) is 8.17. The Morgan fingerprint density at radius 1 is 1.10 bits per heavy atom. The molecule has 2 aliphatic rings. The molecule has 3 aromatic rings. The molecule has 0 spiro atoms. The summed E-state index contributed by atoms with van der Waals surface area (Å²) < 4.78 is 75.1. The summed E-state index contributed by atoms with van der Waals surface area (Å²) in [6, 6.07) is 2.32. The maximum Gasteiger partial charge on any atom is 0.416 e. The van der Waals surface area contributed by atoms with Gasteiger partial charge in [-0.05, 0) is 31.0 Å². The molecule has 15 heteroatoms. The Balaban J connectivity index is 1.35. The van der Waals surface area contributed by atoms with E-state index < -0.39 is 23.4 Å². The van der Waals surface area contributed by atoms with Gasteiger partial charge in [-0.25, -0.2) is 19.3 Å². The standard InChI is InChI=1S/C27H30F5N7O2S/c1-3-41-20(40)4-5-37-6-8-38(9-7-37)24-21(29)23(33-15-34-24)36-26-35-22(25(42-26)39-13-16(2)14-39)17-10-18(27(30,31)32)12-19(28)11-17/h10-12,15-16H,3-9,13-14H2,1-2H3,(H,33,34,35,36). The molecule has 0 radical (unpaired) electrons. The van der Waals surface area contributed by atoms with Gasteiger partial charge in [0.2, 0.25) is 5.82 Å². The topological polar surface area (TPSA) is 86.7 Å². The first-order valence-corrected chi connectivity index (χ1v) is 14.4. The summed E-state index contributed by atoms with van der Waals surface area (Å²) in [6.07, 6.45) is -3.22. The molecule has 2 saturated heterocycles. The molecule has 1 aromatic carbocycles. The van der Waals surface area contributed by atoms with Crippen molar-refractivity contribution in [2.24, 2.45) is 5.92 Å². The van der Waals surface area contributed by atoms with Crippen molar-refractivity contribution in [3.8, 4) is 11.3 Å². The van der Waals surface area contributed by atoms with Crippen LogP contribution < -0.4 is 15.1 Å². The van der Waals surface area contributed by atoms with Gasteiger partial charge in [-0.3, -0.25) is 9.69 Å². The van der Waals surface area contributed by atoms with Gasteiger partial charge >= 0.3 is 12.1 Å². The lowest BCUT2D eigenvalue weighted by Crippen LogP contribution is -2.47. The average Bonchev–Trinajstić information content (AvgIpc) is 3.34. The molecule has 4 heterocycles. The number of nitrogens with one attached hydrogen (secondary N) is 1. The van der Waals surface area contributed by atoms with Crippen LogP contribution in [0, 0.1) is 17.6 Å². The first-order chi connectivity index (χ1) is 20.0. The Kier molecular flexibility index (Phi) is 8.78. The Morgan fingerprint density at radius 3 is 2.50 bits per heavy atom. The van der Waals surface area contributed by atoms with Gasteiger partial charge < -0.3 is 19.9 Å². The molecule has 0 unspecified atom stereocenters. The second-order valence-electron chi connectivity index (χ2n) is 10.3. The van der Waals surface area contributed by atoms with E-state index in [0.29, 0.717) is 69.4 Å². The highest BCUT2D eigenvalue weighted by Gasteiger charge is 2.34. The summed E-state index contributed by atoms with van der Waals surface area (Å²) >= 11 is 1.13. The number of hydrogen-bond donors (Lipinski definition) is 1. The summed E-state index contributed by atoms with van der Waals surface area (Å²) in [4.78, 5) is 30.1. The zero-order valence-corrected chi connectivity index (χ0v) is 23.9. The van der Waals surface area contributed by atoms with Crippen molar-refractivity contribution in [2.75, 3.05) is 67.5 Å². The van der Waals surface area contributed by atoms with Gasteiger partial charge in [-0.15, -0.1) is 0 Å². The predicted molar refractivity (Wildman–Crippen MR) is 149 cm³/mol. The van der Waals surface area contributed by atoms with Gasteiger partial charge in [-0.1, -0.05) is 18.3 Å². The quantitative estimate of drug-likeness (QED) is 0.260. The molecule has 0 atom stereocenters. The maximum absolute atomic E-state index is 15.6. The van der Waals surface area contributed by atoms with Crippen LogP contribution in [-0.2, 0) is 15.7 Å². The highest BCUT2D eigenvalue weighted by molar-refractivity contribution is 7.20. The molecule has 0 bridgehead atoms. The number of anilines is 4. The second-order valence-corrected chi connectivity index (χ2v) is 11.3. The zero-order valence-electron chi connectivity index (χ0n) is 23.0. The van der Waals surface area contributed by atoms with Crippen LogP contribution in [0.1, 0.15) is 25.8 Å². The van der Waals surface area contributed by atoms with E-state index in [1.165, 1.54) is 6.33 Å². The fraction of sp³-hybridized carbons (Fsp3) is 0.481. The van der Waals surface area contributed by atoms with Gasteiger partial charge in [0.1, 0.15) is 22.8 Å². The van der Waals surface area contributed by atoms with Gasteiger partial charge in [0, 0.05) is 51.4 Å². The zero-order chi connectivity index (χ0) is 30.0. The first-order valence-electron chi connectivity index (χ1n) is 13.6. The molecule has 0 saturated carbocycles. The highest BCUT2D eigenvalue weighted by atomic mass is 32.1. The van der Waals surface area contributed by atoms with Crippen molar-refractivity contribution in [1.29, 1.82) is 0 Å². The van der Waals surface area contributed by atoms with Gasteiger partial charge in [0.15, 0.2) is 16.8 Å². The Bertz CT molecular complexity index is 1420. The number of hydrogen-bond acceptors (Lipinski definition) is 10.